The van der Waals surface area contributed by atoms with Gasteiger partial charge >= 0.3 is 5.97 Å². The molecule has 25 heavy (non-hydrogen) atoms. The molecule has 0 amide bonds. The van der Waals surface area contributed by atoms with Crippen LogP contribution in [0.25, 0.3) is 0 Å². The molecule has 4 rings (SSSR count). The monoisotopic (exact) mass is 360 g/mol. The van der Waals surface area contributed by atoms with Gasteiger partial charge in [-0.1, -0.05) is 13.0 Å². The lowest BCUT2D eigenvalue weighted by Gasteiger charge is -2.48. The van der Waals surface area contributed by atoms with Crippen molar-refractivity contribution in [1.29, 1.82) is 0 Å². The number of fused-ring (bicyclic) bond motifs is 5. The van der Waals surface area contributed by atoms with Gasteiger partial charge in [0, 0.05) is 11.8 Å². The van der Waals surface area contributed by atoms with Gasteiger partial charge < -0.3 is 9.26 Å². The SMILES string of the molecule is C[C@]12CCC3c4ccc(OCC(=O)OP)cc4CCC3C1CCC2=O. The van der Waals surface area contributed by atoms with Gasteiger partial charge in [-0.3, -0.25) is 4.79 Å². The van der Waals surface area contributed by atoms with Crippen LogP contribution in [0.4, 0.5) is 0 Å². The highest BCUT2D eigenvalue weighted by molar-refractivity contribution is 7.10. The Hall–Kier alpha value is -1.41. The summed E-state index contributed by atoms with van der Waals surface area (Å²) in [6, 6.07) is 6.22. The summed E-state index contributed by atoms with van der Waals surface area (Å²) in [6.45, 7) is 2.14. The van der Waals surface area contributed by atoms with Gasteiger partial charge in [-0.2, -0.15) is 0 Å². The standard InChI is InChI=1S/C20H25O4P/c1-20-9-8-15-14-5-3-13(23-11-19(22)24-25)10-12(14)2-4-16(15)17(20)6-7-18(20)21/h3,5,10,15-17H,2,4,6-9,11,25H2,1H3/t15?,16?,17?,20-/m0/s1. The van der Waals surface area contributed by atoms with E-state index in [4.69, 9.17) is 4.74 Å². The van der Waals surface area contributed by atoms with E-state index >= 15 is 0 Å². The Morgan fingerprint density at radius 3 is 2.92 bits per heavy atom. The van der Waals surface area contributed by atoms with Crippen molar-refractivity contribution in [3.8, 4) is 5.75 Å². The summed E-state index contributed by atoms with van der Waals surface area (Å²) in [5.41, 5.74) is 2.70. The van der Waals surface area contributed by atoms with Gasteiger partial charge in [0.15, 0.2) is 6.61 Å². The predicted molar refractivity (Wildman–Crippen MR) is 97.4 cm³/mol. The maximum atomic E-state index is 12.4. The summed E-state index contributed by atoms with van der Waals surface area (Å²) < 4.78 is 10.1. The van der Waals surface area contributed by atoms with E-state index in [-0.39, 0.29) is 12.0 Å². The average molecular weight is 360 g/mol. The molecule has 1 aromatic rings. The molecule has 0 heterocycles. The first kappa shape index (κ1) is 17.0. The molecular formula is C20H25O4P. The summed E-state index contributed by atoms with van der Waals surface area (Å²) in [7, 11) is 1.94. The first-order valence-electron chi connectivity index (χ1n) is 9.21. The molecule has 0 aliphatic heterocycles. The molecule has 1 aromatic carbocycles. The smallest absolute Gasteiger partial charge is 0.346 e. The minimum atomic E-state index is -0.403. The van der Waals surface area contributed by atoms with E-state index < -0.39 is 5.97 Å². The zero-order valence-corrected chi connectivity index (χ0v) is 15.8. The Kier molecular flexibility index (Phi) is 4.35. The lowest BCUT2D eigenvalue weighted by Crippen LogP contribution is -2.42. The highest BCUT2D eigenvalue weighted by Crippen LogP contribution is 2.59. The van der Waals surface area contributed by atoms with Crippen LogP contribution in [0.2, 0.25) is 0 Å². The topological polar surface area (TPSA) is 52.6 Å². The molecule has 0 radical (unpaired) electrons. The van der Waals surface area contributed by atoms with Gasteiger partial charge in [0.2, 0.25) is 0 Å². The Balaban J connectivity index is 1.55. The van der Waals surface area contributed by atoms with Crippen molar-refractivity contribution in [1.82, 2.24) is 0 Å². The van der Waals surface area contributed by atoms with Crippen LogP contribution in [-0.2, 0) is 20.5 Å². The number of carbonyl (C=O) groups is 2. The lowest BCUT2D eigenvalue weighted by atomic mass is 9.55. The number of ketones is 1. The summed E-state index contributed by atoms with van der Waals surface area (Å²) in [6.07, 6.45) is 6.16. The first-order valence-corrected chi connectivity index (χ1v) is 9.68. The fraction of sp³-hybridized carbons (Fsp3) is 0.600. The number of carbonyl (C=O) groups excluding carboxylic acids is 2. The summed E-state index contributed by atoms with van der Waals surface area (Å²) in [4.78, 5) is 23.6. The van der Waals surface area contributed by atoms with Gasteiger partial charge in [-0.05, 0) is 73.1 Å². The van der Waals surface area contributed by atoms with E-state index in [0.29, 0.717) is 23.5 Å². The molecule has 3 aliphatic rings. The fourth-order valence-corrected chi connectivity index (χ4v) is 5.66. The second kappa shape index (κ2) is 6.39. The number of rotatable bonds is 3. The highest BCUT2D eigenvalue weighted by Gasteiger charge is 2.54. The van der Waals surface area contributed by atoms with E-state index in [0.717, 1.165) is 44.3 Å². The van der Waals surface area contributed by atoms with Crippen molar-refractivity contribution in [2.75, 3.05) is 6.61 Å². The second-order valence-electron chi connectivity index (χ2n) is 7.97. The van der Waals surface area contributed by atoms with E-state index in [1.54, 1.807) is 0 Å². The molecule has 4 unspecified atom stereocenters. The third-order valence-electron chi connectivity index (χ3n) is 6.90. The Bertz CT molecular complexity index is 716. The zero-order valence-electron chi connectivity index (χ0n) is 14.6. The number of hydrogen-bond donors (Lipinski definition) is 0. The number of Topliss-reactive ketones (excluding diaryl/α,β-unsaturated/α-hetero) is 1. The van der Waals surface area contributed by atoms with Gasteiger partial charge in [-0.15, -0.1) is 0 Å². The molecular weight excluding hydrogens is 335 g/mol. The first-order chi connectivity index (χ1) is 12.0. The van der Waals surface area contributed by atoms with E-state index in [1.165, 1.54) is 11.1 Å². The summed E-state index contributed by atoms with van der Waals surface area (Å²) >= 11 is 0. The van der Waals surface area contributed by atoms with Crippen LogP contribution in [0, 0.1) is 17.3 Å². The molecule has 5 heteroatoms. The summed E-state index contributed by atoms with van der Waals surface area (Å²) in [5, 5.41) is 0. The van der Waals surface area contributed by atoms with Crippen LogP contribution in [0.5, 0.6) is 5.75 Å². The minimum Gasteiger partial charge on any atom is -0.482 e. The molecule has 2 saturated carbocycles. The highest BCUT2D eigenvalue weighted by atomic mass is 31.0. The van der Waals surface area contributed by atoms with Crippen molar-refractivity contribution in [3.63, 3.8) is 0 Å². The molecule has 134 valence electrons. The van der Waals surface area contributed by atoms with Crippen molar-refractivity contribution in [2.24, 2.45) is 17.3 Å². The van der Waals surface area contributed by atoms with Crippen LogP contribution in [0.15, 0.2) is 18.2 Å². The Morgan fingerprint density at radius 2 is 2.12 bits per heavy atom. The molecule has 3 aliphatic carbocycles. The van der Waals surface area contributed by atoms with Crippen LogP contribution in [-0.4, -0.2) is 18.4 Å². The molecule has 0 bridgehead atoms. The maximum Gasteiger partial charge on any atom is 0.346 e. The normalized spacial score (nSPS) is 33.2. The quantitative estimate of drug-likeness (QED) is 0.769. The maximum absolute atomic E-state index is 12.4. The van der Waals surface area contributed by atoms with Gasteiger partial charge in [0.25, 0.3) is 0 Å². The van der Waals surface area contributed by atoms with Gasteiger partial charge in [-0.25, -0.2) is 4.79 Å². The molecule has 0 N–H and O–H groups in total. The van der Waals surface area contributed by atoms with Gasteiger partial charge in [0.1, 0.15) is 11.5 Å². The number of ether oxygens (including phenoxy) is 1. The molecule has 0 spiro atoms. The molecule has 2 fully saturated rings. The lowest BCUT2D eigenvalue weighted by molar-refractivity contribution is -0.135. The van der Waals surface area contributed by atoms with E-state index in [2.05, 4.69) is 23.6 Å². The van der Waals surface area contributed by atoms with Crippen molar-refractivity contribution < 1.29 is 18.8 Å². The van der Waals surface area contributed by atoms with Crippen LogP contribution in [0.1, 0.15) is 56.1 Å². The second-order valence-corrected chi connectivity index (χ2v) is 8.21. The van der Waals surface area contributed by atoms with E-state index in [1.807, 2.05) is 15.5 Å². The zero-order chi connectivity index (χ0) is 17.6. The molecule has 4 nitrogen and oxygen atoms in total. The fourth-order valence-electron chi connectivity index (χ4n) is 5.60. The van der Waals surface area contributed by atoms with Crippen LogP contribution in [0.3, 0.4) is 0 Å². The number of aryl methyl sites for hydroxylation is 1. The average Bonchev–Trinajstić information content (AvgIpc) is 2.94. The summed E-state index contributed by atoms with van der Waals surface area (Å²) in [5.74, 6) is 2.58. The third-order valence-corrected chi connectivity index (χ3v) is 7.16. The van der Waals surface area contributed by atoms with Crippen LogP contribution < -0.4 is 4.74 Å². The van der Waals surface area contributed by atoms with Crippen LogP contribution >= 0.6 is 9.47 Å². The molecule has 0 saturated heterocycles. The van der Waals surface area contributed by atoms with Gasteiger partial charge in [0.05, 0.1) is 9.47 Å². The Morgan fingerprint density at radius 1 is 1.28 bits per heavy atom. The minimum absolute atomic E-state index is 0.0692. The number of benzene rings is 1. The predicted octanol–water partition coefficient (Wildman–Crippen LogP) is 3.82. The van der Waals surface area contributed by atoms with E-state index in [9.17, 15) is 9.59 Å². The number of hydrogen-bond acceptors (Lipinski definition) is 4. The van der Waals surface area contributed by atoms with Crippen molar-refractivity contribution in [3.05, 3.63) is 29.3 Å². The largest absolute Gasteiger partial charge is 0.482 e. The van der Waals surface area contributed by atoms with Crippen molar-refractivity contribution in [2.45, 2.75) is 51.4 Å². The third kappa shape index (κ3) is 2.79. The van der Waals surface area contributed by atoms with Crippen molar-refractivity contribution >= 4 is 21.2 Å². The Labute approximate surface area is 150 Å². The molecule has 5 atom stereocenters. The molecule has 0 aromatic heterocycles.